The summed E-state index contributed by atoms with van der Waals surface area (Å²) in [6.45, 7) is 2.54. The second kappa shape index (κ2) is 14.2. The molecule has 0 spiro atoms. The van der Waals surface area contributed by atoms with E-state index in [1.807, 2.05) is 13.0 Å². The molecule has 0 fully saturated rings. The number of benzene rings is 3. The zero-order valence-electron chi connectivity index (χ0n) is 19.7. The second-order valence-corrected chi connectivity index (χ2v) is 9.57. The van der Waals surface area contributed by atoms with Gasteiger partial charge in [0.1, 0.15) is 12.4 Å². The van der Waals surface area contributed by atoms with Crippen LogP contribution in [0, 0.1) is 9.39 Å². The molecule has 3 aromatic rings. The van der Waals surface area contributed by atoms with Crippen molar-refractivity contribution in [3.63, 3.8) is 0 Å². The van der Waals surface area contributed by atoms with Crippen LogP contribution in [0.2, 0.25) is 10.0 Å². The molecule has 37 heavy (non-hydrogen) atoms. The summed E-state index contributed by atoms with van der Waals surface area (Å²) in [4.78, 5) is 24.1. The fourth-order valence-corrected chi connectivity index (χ4v) is 4.36. The molecule has 3 rings (SSSR count). The minimum atomic E-state index is -0.625. The molecule has 0 radical (unpaired) electrons. The van der Waals surface area contributed by atoms with Crippen molar-refractivity contribution in [2.24, 2.45) is 5.10 Å². The summed E-state index contributed by atoms with van der Waals surface area (Å²) in [5.74, 6) is -0.554. The minimum absolute atomic E-state index is 0.0285. The molecule has 2 amide bonds. The van der Waals surface area contributed by atoms with Gasteiger partial charge in [-0.1, -0.05) is 41.4 Å². The van der Waals surface area contributed by atoms with Crippen LogP contribution in [0.1, 0.15) is 34.8 Å². The quantitative estimate of drug-likeness (QED) is 0.151. The van der Waals surface area contributed by atoms with Gasteiger partial charge in [0.05, 0.1) is 22.0 Å². The summed E-state index contributed by atoms with van der Waals surface area (Å²) in [7, 11) is 0. The van der Waals surface area contributed by atoms with Crippen LogP contribution in [0.25, 0.3) is 0 Å². The van der Waals surface area contributed by atoms with E-state index < -0.39 is 17.6 Å². The Bertz CT molecular complexity index is 1310. The zero-order valence-corrected chi connectivity index (χ0v) is 23.4. The number of amides is 2. The molecule has 2 N–H and O–H groups in total. The topological polar surface area (TPSA) is 89.0 Å². The fourth-order valence-electron chi connectivity index (χ4n) is 3.12. The molecule has 0 saturated carbocycles. The van der Waals surface area contributed by atoms with Crippen molar-refractivity contribution in [3.05, 3.63) is 90.7 Å². The van der Waals surface area contributed by atoms with Gasteiger partial charge in [-0.3, -0.25) is 9.59 Å². The average Bonchev–Trinajstić information content (AvgIpc) is 2.85. The molecular formula is C26H23Cl2FIN3O4. The number of ether oxygens (including phenoxy) is 2. The van der Waals surface area contributed by atoms with E-state index in [0.717, 1.165) is 9.13 Å². The van der Waals surface area contributed by atoms with Crippen molar-refractivity contribution in [1.82, 2.24) is 10.7 Å². The highest BCUT2D eigenvalue weighted by molar-refractivity contribution is 14.1. The maximum absolute atomic E-state index is 13.6. The predicted molar refractivity (Wildman–Crippen MR) is 150 cm³/mol. The molecule has 194 valence electrons. The molecule has 0 aliphatic carbocycles. The summed E-state index contributed by atoms with van der Waals surface area (Å²) < 4.78 is 26.2. The monoisotopic (exact) mass is 657 g/mol. The van der Waals surface area contributed by atoms with E-state index in [4.69, 9.17) is 32.7 Å². The fraction of sp³-hybridized carbons (Fsp3) is 0.192. The second-order valence-electron chi connectivity index (χ2n) is 7.57. The third kappa shape index (κ3) is 8.58. The van der Waals surface area contributed by atoms with Crippen molar-refractivity contribution >= 4 is 63.8 Å². The molecule has 0 aliphatic heterocycles. The molecule has 0 saturated heterocycles. The molecule has 0 bridgehead atoms. The first-order valence-electron chi connectivity index (χ1n) is 11.2. The van der Waals surface area contributed by atoms with Crippen molar-refractivity contribution < 1.29 is 23.5 Å². The Morgan fingerprint density at radius 1 is 1.11 bits per heavy atom. The van der Waals surface area contributed by atoms with Gasteiger partial charge in [0, 0.05) is 28.6 Å². The van der Waals surface area contributed by atoms with E-state index in [1.54, 1.807) is 30.3 Å². The van der Waals surface area contributed by atoms with Crippen molar-refractivity contribution in [2.75, 3.05) is 13.2 Å². The number of hydrogen-bond acceptors (Lipinski definition) is 5. The molecule has 3 aromatic carbocycles. The number of rotatable bonds is 11. The first kappa shape index (κ1) is 28.7. The first-order chi connectivity index (χ1) is 17.8. The van der Waals surface area contributed by atoms with E-state index >= 15 is 0 Å². The third-order valence-corrected chi connectivity index (χ3v) is 6.27. The maximum Gasteiger partial charge on any atom is 0.254 e. The van der Waals surface area contributed by atoms with E-state index in [2.05, 4.69) is 38.4 Å². The number of carbonyl (C=O) groups excluding carboxylic acids is 2. The molecule has 7 nitrogen and oxygen atoms in total. The smallest absolute Gasteiger partial charge is 0.254 e. The Balaban J connectivity index is 1.56. The number of carbonyl (C=O) groups is 2. The van der Waals surface area contributed by atoms with Gasteiger partial charge in [0.2, 0.25) is 5.91 Å². The molecule has 0 aromatic heterocycles. The molecule has 0 unspecified atom stereocenters. The highest BCUT2D eigenvalue weighted by atomic mass is 127. The highest BCUT2D eigenvalue weighted by Gasteiger charge is 2.14. The Kier molecular flexibility index (Phi) is 11.0. The van der Waals surface area contributed by atoms with Crippen LogP contribution in [0.15, 0.2) is 59.7 Å². The Morgan fingerprint density at radius 3 is 2.62 bits per heavy atom. The molecule has 0 aliphatic rings. The van der Waals surface area contributed by atoms with Crippen LogP contribution in [-0.2, 0) is 11.4 Å². The Morgan fingerprint density at radius 2 is 1.89 bits per heavy atom. The number of hydrogen-bond donors (Lipinski definition) is 2. The van der Waals surface area contributed by atoms with Gasteiger partial charge in [-0.2, -0.15) is 5.10 Å². The highest BCUT2D eigenvalue weighted by Crippen LogP contribution is 2.35. The van der Waals surface area contributed by atoms with Gasteiger partial charge < -0.3 is 14.8 Å². The van der Waals surface area contributed by atoms with E-state index in [0.29, 0.717) is 33.7 Å². The molecule has 11 heteroatoms. The van der Waals surface area contributed by atoms with Crippen molar-refractivity contribution in [1.29, 1.82) is 0 Å². The van der Waals surface area contributed by atoms with Gasteiger partial charge in [0.25, 0.3) is 5.91 Å². The van der Waals surface area contributed by atoms with Crippen LogP contribution in [0.3, 0.4) is 0 Å². The summed E-state index contributed by atoms with van der Waals surface area (Å²) in [5, 5.41) is 7.53. The number of halogens is 4. The standard InChI is InChI=1S/C26H23Cl2FIN3O4/c1-2-36-23-12-16(11-22(30)25(23)37-15-17-7-8-18(27)13-20(17)28)14-32-33-24(34)9-10-31-26(35)19-5-3-4-6-21(19)29/h3-8,11-14H,2,9-10,15H2,1H3,(H,31,35)(H,33,34). The lowest BCUT2D eigenvalue weighted by Crippen LogP contribution is -2.29. The predicted octanol–water partition coefficient (Wildman–Crippen LogP) is 5.99. The molecule has 0 atom stereocenters. The number of nitrogens with zero attached hydrogens (tertiary/aromatic N) is 1. The van der Waals surface area contributed by atoms with E-state index in [1.165, 1.54) is 24.4 Å². The minimum Gasteiger partial charge on any atom is -0.490 e. The van der Waals surface area contributed by atoms with Gasteiger partial charge in [-0.05, 0) is 71.5 Å². The lowest BCUT2D eigenvalue weighted by Gasteiger charge is -2.15. The first-order valence-corrected chi connectivity index (χ1v) is 13.0. The van der Waals surface area contributed by atoms with E-state index in [-0.39, 0.29) is 25.1 Å². The van der Waals surface area contributed by atoms with Crippen molar-refractivity contribution in [3.8, 4) is 11.5 Å². The third-order valence-electron chi connectivity index (χ3n) is 4.88. The average molecular weight is 658 g/mol. The lowest BCUT2D eigenvalue weighted by molar-refractivity contribution is -0.120. The molecule has 0 heterocycles. The number of hydrazone groups is 1. The summed E-state index contributed by atoms with van der Waals surface area (Å²) >= 11 is 14.3. The summed E-state index contributed by atoms with van der Waals surface area (Å²) in [6, 6.07) is 14.4. The van der Waals surface area contributed by atoms with Gasteiger partial charge in [-0.15, -0.1) is 0 Å². The van der Waals surface area contributed by atoms with Gasteiger partial charge in [0.15, 0.2) is 11.5 Å². The van der Waals surface area contributed by atoms with Crippen LogP contribution >= 0.6 is 45.8 Å². The summed E-state index contributed by atoms with van der Waals surface area (Å²) in [6.07, 6.45) is 1.44. The zero-order chi connectivity index (χ0) is 26.8. The van der Waals surface area contributed by atoms with E-state index in [9.17, 15) is 14.0 Å². The van der Waals surface area contributed by atoms with Crippen molar-refractivity contribution in [2.45, 2.75) is 20.0 Å². The van der Waals surface area contributed by atoms with Gasteiger partial charge >= 0.3 is 0 Å². The van der Waals surface area contributed by atoms with Crippen LogP contribution < -0.4 is 20.2 Å². The van der Waals surface area contributed by atoms with Gasteiger partial charge in [-0.25, -0.2) is 9.82 Å². The Labute approximate surface area is 237 Å². The lowest BCUT2D eigenvalue weighted by atomic mass is 10.2. The van der Waals surface area contributed by atoms with Crippen LogP contribution in [0.5, 0.6) is 11.5 Å². The largest absolute Gasteiger partial charge is 0.490 e. The Hall–Kier alpha value is -2.89. The maximum atomic E-state index is 13.6. The van der Waals surface area contributed by atoms with Crippen LogP contribution in [0.4, 0.5) is 4.39 Å². The number of nitrogens with one attached hydrogen (secondary N) is 2. The molecular weight excluding hydrogens is 635 g/mol. The SMILES string of the molecule is CCOc1cc(C=NNC(=O)CCNC(=O)c2ccccc2F)cc(I)c1OCc1ccc(Cl)cc1Cl. The normalized spacial score (nSPS) is 10.8. The summed E-state index contributed by atoms with van der Waals surface area (Å²) in [5.41, 5.74) is 3.78. The van der Waals surface area contributed by atoms with Crippen LogP contribution in [-0.4, -0.2) is 31.2 Å².